The number of carbonyl (C=O) groups excluding carboxylic acids is 1. The van der Waals surface area contributed by atoms with Crippen LogP contribution >= 0.6 is 0 Å². The monoisotopic (exact) mass is 508 g/mol. The lowest BCUT2D eigenvalue weighted by Gasteiger charge is -2.39. The minimum atomic E-state index is -2.97. The maximum Gasteiger partial charge on any atom is 0.442 e. The Morgan fingerprint density at radius 3 is 2.47 bits per heavy atom. The Kier molecular flexibility index (Phi) is 7.97. The molecule has 12 heteroatoms. The molecule has 1 aliphatic rings. The van der Waals surface area contributed by atoms with Gasteiger partial charge in [-0.2, -0.15) is 4.57 Å². The molecule has 2 aromatic rings. The standard InChI is InChI=1S/C24H32F3N7O2/c1-4-17(14-6-5-7-15(19(14)25)20(26)27)31-22-16(21(29)33(3)23(36)32-22)12-18(28)24(30)8-10-34(11-9-24)13(2)35/h5-7,12,17,20H,4,8-11,28,30H2,1-3H3,(H3,29,31,32,36)/p+1/b18-12-/t17-/m1/s1. The number of nitrogens with one attached hydrogen (secondary N) is 2. The van der Waals surface area contributed by atoms with E-state index in [-0.39, 0.29) is 23.1 Å². The number of nitrogen functional groups attached to an aromatic ring is 1. The van der Waals surface area contributed by atoms with Gasteiger partial charge >= 0.3 is 5.69 Å². The first kappa shape index (κ1) is 27.1. The third kappa shape index (κ3) is 5.32. The molecule has 8 N–H and O–H groups in total. The van der Waals surface area contributed by atoms with Gasteiger partial charge in [-0.3, -0.25) is 4.79 Å². The number of amides is 1. The lowest BCUT2D eigenvalue weighted by Crippen LogP contribution is -2.54. The summed E-state index contributed by atoms with van der Waals surface area (Å²) < 4.78 is 42.6. The molecule has 1 aromatic carbocycles. The van der Waals surface area contributed by atoms with Crippen molar-refractivity contribution in [1.82, 2.24) is 9.88 Å². The van der Waals surface area contributed by atoms with Gasteiger partial charge in [0.25, 0.3) is 6.43 Å². The van der Waals surface area contributed by atoms with Crippen molar-refractivity contribution >= 4 is 23.6 Å². The van der Waals surface area contributed by atoms with E-state index in [4.69, 9.17) is 17.2 Å². The van der Waals surface area contributed by atoms with Gasteiger partial charge in [-0.25, -0.2) is 22.9 Å². The van der Waals surface area contributed by atoms with E-state index in [9.17, 15) is 22.8 Å². The van der Waals surface area contributed by atoms with E-state index < -0.39 is 35.1 Å². The summed E-state index contributed by atoms with van der Waals surface area (Å²) in [6.45, 7) is 4.12. The van der Waals surface area contributed by atoms with E-state index in [1.54, 1.807) is 17.9 Å². The molecule has 1 aromatic heterocycles. The first-order valence-corrected chi connectivity index (χ1v) is 11.7. The highest BCUT2D eigenvalue weighted by Gasteiger charge is 2.35. The number of halogens is 3. The first-order valence-electron chi connectivity index (χ1n) is 11.7. The van der Waals surface area contributed by atoms with Gasteiger partial charge in [0.1, 0.15) is 11.4 Å². The van der Waals surface area contributed by atoms with Gasteiger partial charge in [0.2, 0.25) is 11.7 Å². The van der Waals surface area contributed by atoms with Crippen LogP contribution in [0.2, 0.25) is 0 Å². The van der Waals surface area contributed by atoms with Crippen molar-refractivity contribution < 1.29 is 22.5 Å². The third-order valence-electron chi connectivity index (χ3n) is 6.81. The summed E-state index contributed by atoms with van der Waals surface area (Å²) in [4.78, 5) is 28.5. The fourth-order valence-electron chi connectivity index (χ4n) is 4.32. The van der Waals surface area contributed by atoms with Crippen molar-refractivity contribution in [1.29, 1.82) is 0 Å². The lowest BCUT2D eigenvalue weighted by atomic mass is 9.84. The number of benzene rings is 1. The number of likely N-dealkylation sites (tertiary alicyclic amines) is 1. The molecule has 0 unspecified atom stereocenters. The molecule has 196 valence electrons. The largest absolute Gasteiger partial charge is 0.442 e. The Bertz CT molecular complexity index is 1220. The highest BCUT2D eigenvalue weighted by atomic mass is 19.3. The Labute approximate surface area is 207 Å². The average Bonchev–Trinajstić information content (AvgIpc) is 2.83. The zero-order chi connectivity index (χ0) is 26.8. The molecule has 9 nitrogen and oxygen atoms in total. The molecular formula is C24H33F3N7O2+. The number of H-pyrrole nitrogens is 1. The van der Waals surface area contributed by atoms with E-state index >= 15 is 0 Å². The van der Waals surface area contributed by atoms with Crippen LogP contribution in [0, 0.1) is 5.82 Å². The van der Waals surface area contributed by atoms with Gasteiger partial charge in [-0.15, -0.1) is 0 Å². The molecular weight excluding hydrogens is 475 g/mol. The quantitative estimate of drug-likeness (QED) is 0.362. The van der Waals surface area contributed by atoms with Gasteiger partial charge in [0.05, 0.1) is 24.2 Å². The Morgan fingerprint density at radius 2 is 1.92 bits per heavy atom. The summed E-state index contributed by atoms with van der Waals surface area (Å²) in [5.41, 5.74) is 17.7. The van der Waals surface area contributed by atoms with Gasteiger partial charge in [-0.05, 0) is 25.3 Å². The van der Waals surface area contributed by atoms with Crippen LogP contribution in [-0.4, -0.2) is 34.4 Å². The summed E-state index contributed by atoms with van der Waals surface area (Å²) in [6.07, 6.45) is -0.253. The predicted molar refractivity (Wildman–Crippen MR) is 131 cm³/mol. The van der Waals surface area contributed by atoms with E-state index in [0.29, 0.717) is 43.6 Å². The van der Waals surface area contributed by atoms with Crippen LogP contribution in [0.3, 0.4) is 0 Å². The number of rotatable bonds is 7. The topological polar surface area (TPSA) is 147 Å². The highest BCUT2D eigenvalue weighted by molar-refractivity contribution is 5.74. The van der Waals surface area contributed by atoms with E-state index in [1.807, 2.05) is 0 Å². The Morgan fingerprint density at radius 1 is 1.31 bits per heavy atom. The molecule has 0 saturated carbocycles. The number of aromatic nitrogens is 2. The fraction of sp³-hybridized carbons (Fsp3) is 0.458. The molecule has 0 aliphatic carbocycles. The first-order chi connectivity index (χ1) is 16.9. The zero-order valence-corrected chi connectivity index (χ0v) is 20.6. The molecule has 3 rings (SSSR count). The number of anilines is 2. The zero-order valence-electron chi connectivity index (χ0n) is 20.6. The van der Waals surface area contributed by atoms with Crippen LogP contribution in [0.4, 0.5) is 24.8 Å². The summed E-state index contributed by atoms with van der Waals surface area (Å²) >= 11 is 0. The van der Waals surface area contributed by atoms with Crippen LogP contribution in [0.25, 0.3) is 6.08 Å². The summed E-state index contributed by atoms with van der Waals surface area (Å²) in [6, 6.07) is 3.04. The average molecular weight is 509 g/mol. The smallest absolute Gasteiger partial charge is 0.401 e. The van der Waals surface area contributed by atoms with Crippen molar-refractivity contribution in [3.8, 4) is 0 Å². The summed E-state index contributed by atoms with van der Waals surface area (Å²) in [7, 11) is 1.47. The minimum Gasteiger partial charge on any atom is -0.401 e. The SMILES string of the molecule is CC[C@@H](Nc1[nH]c(=O)[n+](C)c(N)c1/C=C(\N)C1(N)CCN(C(C)=O)CC1)c1cccc(C(F)F)c1F. The third-order valence-corrected chi connectivity index (χ3v) is 6.81. The van der Waals surface area contributed by atoms with Crippen LogP contribution < -0.4 is 32.8 Å². The maximum atomic E-state index is 14.9. The van der Waals surface area contributed by atoms with Gasteiger partial charge in [0, 0.05) is 31.3 Å². The molecule has 1 amide bonds. The molecule has 1 aliphatic heterocycles. The van der Waals surface area contributed by atoms with Crippen molar-refractivity contribution in [2.24, 2.45) is 18.5 Å². The molecule has 0 radical (unpaired) electrons. The number of aromatic amines is 1. The molecule has 1 saturated heterocycles. The van der Waals surface area contributed by atoms with Crippen LogP contribution in [0.1, 0.15) is 62.3 Å². The number of nitrogens with zero attached hydrogens (tertiary/aromatic N) is 2. The summed E-state index contributed by atoms with van der Waals surface area (Å²) in [5.74, 6) is -0.835. The second kappa shape index (κ2) is 10.6. The molecule has 2 heterocycles. The molecule has 1 atom stereocenters. The van der Waals surface area contributed by atoms with Crippen molar-refractivity contribution in [2.45, 2.75) is 51.1 Å². The number of carbonyl (C=O) groups is 1. The van der Waals surface area contributed by atoms with Crippen LogP contribution in [0.15, 0.2) is 28.7 Å². The number of nitrogens with two attached hydrogens (primary N) is 3. The van der Waals surface area contributed by atoms with E-state index in [0.717, 1.165) is 6.07 Å². The molecule has 0 bridgehead atoms. The van der Waals surface area contributed by atoms with E-state index in [2.05, 4.69) is 10.3 Å². The van der Waals surface area contributed by atoms with Crippen LogP contribution in [-0.2, 0) is 11.8 Å². The number of hydrogen-bond donors (Lipinski definition) is 5. The van der Waals surface area contributed by atoms with Gasteiger partial charge in [-0.1, -0.05) is 25.1 Å². The molecule has 1 fully saturated rings. The fourth-order valence-corrected chi connectivity index (χ4v) is 4.32. The van der Waals surface area contributed by atoms with Crippen LogP contribution in [0.5, 0.6) is 0 Å². The predicted octanol–water partition coefficient (Wildman–Crippen LogP) is 2.06. The normalized spacial score (nSPS) is 16.8. The summed E-state index contributed by atoms with van der Waals surface area (Å²) in [5, 5.41) is 3.04. The Hall–Kier alpha value is -3.54. The second-order valence-corrected chi connectivity index (χ2v) is 9.08. The Balaban J connectivity index is 2.02. The minimum absolute atomic E-state index is 0.0257. The number of alkyl halides is 2. The molecule has 36 heavy (non-hydrogen) atoms. The maximum absolute atomic E-state index is 14.9. The highest BCUT2D eigenvalue weighted by Crippen LogP contribution is 2.33. The van der Waals surface area contributed by atoms with Crippen molar-refractivity contribution in [3.05, 3.63) is 56.9 Å². The van der Waals surface area contributed by atoms with Gasteiger partial charge < -0.3 is 27.4 Å². The number of hydrogen-bond acceptors (Lipinski definition) is 6. The van der Waals surface area contributed by atoms with Crippen molar-refractivity contribution in [3.63, 3.8) is 0 Å². The van der Waals surface area contributed by atoms with E-state index in [1.165, 1.54) is 30.7 Å². The van der Waals surface area contributed by atoms with Gasteiger partial charge in [0.15, 0.2) is 5.82 Å². The molecule has 0 spiro atoms. The lowest BCUT2D eigenvalue weighted by molar-refractivity contribution is -0.674. The number of piperidine rings is 1. The van der Waals surface area contributed by atoms with Crippen molar-refractivity contribution in [2.75, 3.05) is 24.1 Å². The second-order valence-electron chi connectivity index (χ2n) is 9.08.